The van der Waals surface area contributed by atoms with Crippen LogP contribution in [0.3, 0.4) is 0 Å². The van der Waals surface area contributed by atoms with E-state index in [-0.39, 0.29) is 24.0 Å². The third kappa shape index (κ3) is 2.75. The first kappa shape index (κ1) is 8.02. The first-order valence-corrected chi connectivity index (χ1v) is 3.73. The maximum atomic E-state index is 4.21. The van der Waals surface area contributed by atoms with Crippen molar-refractivity contribution in [3.63, 3.8) is 0 Å². The predicted molar refractivity (Wildman–Crippen MR) is 37.0 cm³/mol. The van der Waals surface area contributed by atoms with Crippen LogP contribution in [0.1, 0.15) is 12.8 Å². The van der Waals surface area contributed by atoms with Gasteiger partial charge < -0.3 is 0 Å². The van der Waals surface area contributed by atoms with Crippen LogP contribution in [-0.2, 0) is 18.3 Å². The zero-order valence-electron chi connectivity index (χ0n) is 4.18. The van der Waals surface area contributed by atoms with Gasteiger partial charge in [0.1, 0.15) is 0 Å². The van der Waals surface area contributed by atoms with Crippen molar-refractivity contribution in [1.82, 2.24) is 0 Å². The van der Waals surface area contributed by atoms with Crippen molar-refractivity contribution in [2.75, 3.05) is 6.54 Å². The Morgan fingerprint density at radius 3 is 2.43 bits per heavy atom. The summed E-state index contributed by atoms with van der Waals surface area (Å²) in [4.78, 5) is 4.21. The first-order chi connectivity index (χ1) is 2.89. The van der Waals surface area contributed by atoms with Gasteiger partial charge in [0.15, 0.2) is 0 Å². The Labute approximate surface area is 70.7 Å². The average Bonchev–Trinajstić information content (AvgIpc) is 1.86. The molecule has 37 valence electrons. The van der Waals surface area contributed by atoms with Gasteiger partial charge in [0.2, 0.25) is 0 Å². The molecule has 0 bridgehead atoms. The molecular weight excluding hydrogens is 254 g/mol. The van der Waals surface area contributed by atoms with Gasteiger partial charge in [-0.1, -0.05) is 0 Å². The minimum atomic E-state index is 0. The number of halogens is 1. The van der Waals surface area contributed by atoms with Gasteiger partial charge in [-0.05, 0) is 0 Å². The van der Waals surface area contributed by atoms with Gasteiger partial charge in [0.05, 0.1) is 0 Å². The van der Waals surface area contributed by atoms with Crippen LogP contribution < -0.4 is 0 Å². The summed E-state index contributed by atoms with van der Waals surface area (Å²) >= 11 is 1.29. The molecule has 0 aliphatic carbocycles. The number of rotatable bonds is 0. The fraction of sp³-hybridized carbons (Fsp3) is 0.750. The van der Waals surface area contributed by atoms with Crippen LogP contribution in [0.2, 0.25) is 0 Å². The number of hydrogen-bond donors (Lipinski definition) is 0. The van der Waals surface area contributed by atoms with Crippen molar-refractivity contribution < 1.29 is 18.3 Å². The van der Waals surface area contributed by atoms with Gasteiger partial charge in [-0.25, -0.2) is 0 Å². The third-order valence-electron chi connectivity index (χ3n) is 0.959. The van der Waals surface area contributed by atoms with Crippen molar-refractivity contribution in [3.8, 4) is 0 Å². The number of hydrogen-bond acceptors (Lipinski definition) is 1. The summed E-state index contributed by atoms with van der Waals surface area (Å²) in [5.41, 5.74) is 0. The molecule has 0 saturated carbocycles. The quantitative estimate of drug-likeness (QED) is 0.461. The van der Waals surface area contributed by atoms with E-state index in [1.807, 2.05) is 0 Å². The van der Waals surface area contributed by atoms with Gasteiger partial charge in [0, 0.05) is 0 Å². The zero-order chi connectivity index (χ0) is 4.41. The van der Waals surface area contributed by atoms with Crippen molar-refractivity contribution in [3.05, 3.63) is 0 Å². The van der Waals surface area contributed by atoms with Gasteiger partial charge in [-0.2, -0.15) is 0 Å². The molecule has 0 fully saturated rings. The Balaban J connectivity index is 0.000000360. The van der Waals surface area contributed by atoms with Gasteiger partial charge in [-0.15, -0.1) is 24.0 Å². The Hall–Kier alpha value is 1.02. The van der Waals surface area contributed by atoms with Crippen molar-refractivity contribution in [2.24, 2.45) is 4.99 Å². The van der Waals surface area contributed by atoms with E-state index in [0.29, 0.717) is 0 Å². The molecular formula is C4H7INZn. The summed E-state index contributed by atoms with van der Waals surface area (Å²) in [6.45, 7) is 1.11. The summed E-state index contributed by atoms with van der Waals surface area (Å²) in [5, 5.41) is 0. The van der Waals surface area contributed by atoms with E-state index in [1.165, 1.54) is 35.4 Å². The fourth-order valence-corrected chi connectivity index (χ4v) is 1.46. The summed E-state index contributed by atoms with van der Waals surface area (Å²) in [6.07, 6.45) is 2.61. The van der Waals surface area contributed by atoms with Gasteiger partial charge >= 0.3 is 47.0 Å². The molecule has 1 heterocycles. The second-order valence-electron chi connectivity index (χ2n) is 1.55. The molecule has 0 amide bonds. The maximum absolute atomic E-state index is 4.21. The van der Waals surface area contributed by atoms with E-state index >= 15 is 0 Å². The summed E-state index contributed by atoms with van der Waals surface area (Å²) in [6, 6.07) is 0. The second-order valence-corrected chi connectivity index (χ2v) is 3.26. The Morgan fingerprint density at radius 2 is 2.29 bits per heavy atom. The van der Waals surface area contributed by atoms with Crippen LogP contribution in [-0.4, -0.2) is 10.9 Å². The summed E-state index contributed by atoms with van der Waals surface area (Å²) < 4.78 is 1.45. The molecule has 0 aromatic rings. The Morgan fingerprint density at radius 1 is 1.57 bits per heavy atom. The standard InChI is InChI=1S/C4H6N.HI.Zn/c1-2-4-5-3-1;;/h1-3H2;1H;. The minimum absolute atomic E-state index is 0. The SMILES string of the molecule is I.[Zn][C]1=NCCC1. The predicted octanol–water partition coefficient (Wildman–Crippen LogP) is 1.34. The van der Waals surface area contributed by atoms with Crippen molar-refractivity contribution >= 4 is 28.3 Å². The normalized spacial score (nSPS) is 18.3. The van der Waals surface area contributed by atoms with E-state index in [2.05, 4.69) is 4.99 Å². The molecule has 0 saturated heterocycles. The Bertz CT molecular complexity index is 81.8. The topological polar surface area (TPSA) is 12.4 Å². The number of aliphatic imine (C=N–C) groups is 1. The Kier molecular flexibility index (Phi) is 4.54. The van der Waals surface area contributed by atoms with E-state index < -0.39 is 0 Å². The van der Waals surface area contributed by atoms with E-state index in [1.54, 1.807) is 0 Å². The van der Waals surface area contributed by atoms with E-state index in [9.17, 15) is 0 Å². The first-order valence-electron chi connectivity index (χ1n) is 2.25. The zero-order valence-corrected chi connectivity index (χ0v) is 9.48. The van der Waals surface area contributed by atoms with Crippen LogP contribution in [0.15, 0.2) is 4.99 Å². The number of nitrogens with zero attached hydrogens (tertiary/aromatic N) is 1. The molecule has 0 spiro atoms. The van der Waals surface area contributed by atoms with Crippen LogP contribution in [0.25, 0.3) is 0 Å². The molecule has 3 heteroatoms. The molecule has 0 N–H and O–H groups in total. The van der Waals surface area contributed by atoms with Crippen LogP contribution in [0, 0.1) is 0 Å². The summed E-state index contributed by atoms with van der Waals surface area (Å²) in [5.74, 6) is 0. The molecule has 0 atom stereocenters. The molecule has 0 radical (unpaired) electrons. The van der Waals surface area contributed by atoms with Crippen molar-refractivity contribution in [1.29, 1.82) is 0 Å². The molecule has 0 aromatic carbocycles. The molecule has 1 aliphatic heterocycles. The van der Waals surface area contributed by atoms with Gasteiger partial charge in [-0.3, -0.25) is 0 Å². The van der Waals surface area contributed by atoms with Gasteiger partial charge in [0.25, 0.3) is 0 Å². The molecule has 1 aliphatic rings. The van der Waals surface area contributed by atoms with Crippen LogP contribution in [0.5, 0.6) is 0 Å². The summed E-state index contributed by atoms with van der Waals surface area (Å²) in [7, 11) is 0. The average molecular weight is 261 g/mol. The molecule has 0 unspecified atom stereocenters. The van der Waals surface area contributed by atoms with Crippen LogP contribution in [0.4, 0.5) is 0 Å². The monoisotopic (exact) mass is 260 g/mol. The van der Waals surface area contributed by atoms with E-state index in [0.717, 1.165) is 6.54 Å². The fourth-order valence-electron chi connectivity index (χ4n) is 0.599. The second kappa shape index (κ2) is 3.96. The molecule has 7 heavy (non-hydrogen) atoms. The molecule has 1 rings (SSSR count). The van der Waals surface area contributed by atoms with E-state index in [4.69, 9.17) is 0 Å². The molecule has 0 aromatic heterocycles. The van der Waals surface area contributed by atoms with Crippen molar-refractivity contribution in [2.45, 2.75) is 12.8 Å². The molecule has 1 nitrogen and oxygen atoms in total. The third-order valence-corrected chi connectivity index (χ3v) is 2.17. The van der Waals surface area contributed by atoms with Crippen LogP contribution >= 0.6 is 24.0 Å².